The number of phenolic OH excluding ortho intramolecular Hbond substituents is 2. The summed E-state index contributed by atoms with van der Waals surface area (Å²) in [4.78, 5) is 12.4. The van der Waals surface area contributed by atoms with E-state index in [2.05, 4.69) is 0 Å². The summed E-state index contributed by atoms with van der Waals surface area (Å²) in [6.45, 7) is 0. The van der Waals surface area contributed by atoms with Gasteiger partial charge in [-0.1, -0.05) is 30.3 Å². The molecular weight excluding hydrogens is 335 g/mol. The van der Waals surface area contributed by atoms with Gasteiger partial charge in [0.05, 0.1) is 0 Å². The molecule has 0 saturated carbocycles. The Morgan fingerprint density at radius 3 is 2.31 bits per heavy atom. The van der Waals surface area contributed by atoms with Crippen molar-refractivity contribution >= 4 is 11.0 Å². The van der Waals surface area contributed by atoms with Gasteiger partial charge in [-0.05, 0) is 29.3 Å². The molecule has 4 aromatic rings. The molecule has 0 aliphatic rings. The third kappa shape index (κ3) is 2.80. The monoisotopic (exact) mass is 348 g/mol. The molecule has 0 unspecified atom stereocenters. The number of phenols is 2. The Labute approximate surface area is 147 Å². The molecule has 0 spiro atoms. The Bertz CT molecular complexity index is 1180. The summed E-state index contributed by atoms with van der Waals surface area (Å²) in [5.74, 6) is -0.544. The largest absolute Gasteiger partial charge is 0.508 e. The van der Waals surface area contributed by atoms with E-state index in [1.54, 1.807) is 24.3 Å². The number of fused-ring (bicyclic) bond motifs is 1. The summed E-state index contributed by atoms with van der Waals surface area (Å²) in [5.41, 5.74) is 1.99. The van der Waals surface area contributed by atoms with Crippen molar-refractivity contribution in [3.8, 4) is 33.9 Å². The van der Waals surface area contributed by atoms with Gasteiger partial charge in [0.1, 0.15) is 34.0 Å². The Morgan fingerprint density at radius 2 is 1.54 bits per heavy atom. The molecule has 0 radical (unpaired) electrons. The van der Waals surface area contributed by atoms with Crippen LogP contribution in [0.2, 0.25) is 0 Å². The van der Waals surface area contributed by atoms with Crippen molar-refractivity contribution < 1.29 is 19.0 Å². The van der Waals surface area contributed by atoms with Crippen molar-refractivity contribution in [3.63, 3.8) is 0 Å². The van der Waals surface area contributed by atoms with Gasteiger partial charge in [-0.25, -0.2) is 4.39 Å². The van der Waals surface area contributed by atoms with E-state index in [1.165, 1.54) is 24.3 Å². The van der Waals surface area contributed by atoms with Gasteiger partial charge in [0.15, 0.2) is 5.43 Å². The summed E-state index contributed by atoms with van der Waals surface area (Å²) in [6.07, 6.45) is 0. The number of hydrogen-bond acceptors (Lipinski definition) is 4. The normalized spacial score (nSPS) is 11.0. The molecular formula is C21H13FO4. The second-order valence-corrected chi connectivity index (χ2v) is 5.90. The van der Waals surface area contributed by atoms with Crippen molar-refractivity contribution in [3.05, 3.63) is 82.8 Å². The fourth-order valence-electron chi connectivity index (χ4n) is 2.89. The highest BCUT2D eigenvalue weighted by atomic mass is 19.1. The molecule has 5 heteroatoms. The van der Waals surface area contributed by atoms with E-state index < -0.39 is 5.43 Å². The zero-order valence-electron chi connectivity index (χ0n) is 13.4. The predicted octanol–water partition coefficient (Wildman–Crippen LogP) is 4.68. The second kappa shape index (κ2) is 6.04. The van der Waals surface area contributed by atoms with Crippen molar-refractivity contribution in [2.24, 2.45) is 0 Å². The molecule has 3 aromatic carbocycles. The van der Waals surface area contributed by atoms with Crippen LogP contribution in [-0.4, -0.2) is 10.2 Å². The van der Waals surface area contributed by atoms with Crippen LogP contribution >= 0.6 is 0 Å². The van der Waals surface area contributed by atoms with Crippen molar-refractivity contribution in [2.75, 3.05) is 0 Å². The Balaban J connectivity index is 1.87. The lowest BCUT2D eigenvalue weighted by Gasteiger charge is -2.07. The number of hydrogen-bond donors (Lipinski definition) is 2. The van der Waals surface area contributed by atoms with Crippen LogP contribution in [0.25, 0.3) is 33.4 Å². The lowest BCUT2D eigenvalue weighted by Crippen LogP contribution is -2.00. The lowest BCUT2D eigenvalue weighted by atomic mass is 10.0. The summed E-state index contributed by atoms with van der Waals surface area (Å²) < 4.78 is 18.8. The fourth-order valence-corrected chi connectivity index (χ4v) is 2.89. The molecule has 4 rings (SSSR count). The highest BCUT2D eigenvalue weighted by Crippen LogP contribution is 2.31. The molecule has 0 amide bonds. The van der Waals surface area contributed by atoms with E-state index in [9.17, 15) is 19.4 Å². The number of rotatable bonds is 2. The zero-order valence-corrected chi connectivity index (χ0v) is 13.4. The van der Waals surface area contributed by atoms with Crippen LogP contribution in [0.15, 0.2) is 75.9 Å². The van der Waals surface area contributed by atoms with Gasteiger partial charge in [0, 0.05) is 23.8 Å². The van der Waals surface area contributed by atoms with E-state index in [1.807, 2.05) is 12.1 Å². The molecule has 0 fully saturated rings. The molecule has 0 bridgehead atoms. The maximum absolute atomic E-state index is 13.1. The van der Waals surface area contributed by atoms with E-state index in [4.69, 9.17) is 4.42 Å². The second-order valence-electron chi connectivity index (χ2n) is 5.90. The van der Waals surface area contributed by atoms with E-state index in [0.29, 0.717) is 11.3 Å². The molecule has 1 heterocycles. The lowest BCUT2D eigenvalue weighted by molar-refractivity contribution is 0.452. The van der Waals surface area contributed by atoms with Gasteiger partial charge >= 0.3 is 0 Å². The molecule has 0 saturated heterocycles. The van der Waals surface area contributed by atoms with Crippen molar-refractivity contribution in [1.82, 2.24) is 0 Å². The van der Waals surface area contributed by atoms with Crippen molar-refractivity contribution in [1.29, 1.82) is 0 Å². The number of halogens is 1. The fraction of sp³-hybridized carbons (Fsp3) is 0. The Morgan fingerprint density at radius 1 is 0.808 bits per heavy atom. The van der Waals surface area contributed by atoms with Crippen molar-refractivity contribution in [2.45, 2.75) is 0 Å². The summed E-state index contributed by atoms with van der Waals surface area (Å²) in [7, 11) is 0. The molecule has 1 aromatic heterocycles. The average Bonchev–Trinajstić information content (AvgIpc) is 2.61. The Kier molecular flexibility index (Phi) is 3.69. The van der Waals surface area contributed by atoms with Gasteiger partial charge in [-0.3, -0.25) is 4.79 Å². The first-order valence-electron chi connectivity index (χ1n) is 7.87. The summed E-state index contributed by atoms with van der Waals surface area (Å²) in [5, 5.41) is 19.5. The van der Waals surface area contributed by atoms with Crippen LogP contribution in [0, 0.1) is 5.82 Å². The van der Waals surface area contributed by atoms with Crippen LogP contribution in [0.4, 0.5) is 4.39 Å². The van der Waals surface area contributed by atoms with E-state index in [0.717, 1.165) is 17.2 Å². The maximum atomic E-state index is 13.1. The van der Waals surface area contributed by atoms with Gasteiger partial charge in [-0.2, -0.15) is 0 Å². The Hall–Kier alpha value is -3.60. The maximum Gasteiger partial charge on any atom is 0.197 e. The third-order valence-electron chi connectivity index (χ3n) is 4.12. The summed E-state index contributed by atoms with van der Waals surface area (Å²) >= 11 is 0. The highest BCUT2D eigenvalue weighted by Gasteiger charge is 2.12. The molecule has 26 heavy (non-hydrogen) atoms. The van der Waals surface area contributed by atoms with Crippen LogP contribution in [-0.2, 0) is 0 Å². The first-order chi connectivity index (χ1) is 12.5. The number of benzene rings is 3. The smallest absolute Gasteiger partial charge is 0.197 e. The average molecular weight is 348 g/mol. The first-order valence-corrected chi connectivity index (χ1v) is 7.87. The minimum atomic E-state index is -0.411. The molecule has 0 atom stereocenters. The number of aromatic hydroxyl groups is 2. The summed E-state index contributed by atoms with van der Waals surface area (Å²) in [6, 6.07) is 17.0. The topological polar surface area (TPSA) is 70.7 Å². The minimum absolute atomic E-state index is 0.0150. The van der Waals surface area contributed by atoms with Gasteiger partial charge in [0.2, 0.25) is 0 Å². The van der Waals surface area contributed by atoms with E-state index in [-0.39, 0.29) is 28.3 Å². The standard InChI is InChI=1S/C21H13FO4/c22-15-6-4-12(5-7-15)13-2-1-3-14(8-13)19-11-18(25)21-17(24)9-16(23)10-20(21)26-19/h1-11,23-24H. The quantitative estimate of drug-likeness (QED) is 0.552. The highest BCUT2D eigenvalue weighted by molar-refractivity contribution is 5.86. The SMILES string of the molecule is O=c1cc(-c2cccc(-c3ccc(F)cc3)c2)oc2cc(O)cc(O)c12. The van der Waals surface area contributed by atoms with Crippen LogP contribution < -0.4 is 5.43 Å². The van der Waals surface area contributed by atoms with E-state index >= 15 is 0 Å². The molecule has 128 valence electrons. The van der Waals surface area contributed by atoms with Gasteiger partial charge < -0.3 is 14.6 Å². The molecule has 0 aliphatic carbocycles. The van der Waals surface area contributed by atoms with Gasteiger partial charge in [-0.15, -0.1) is 0 Å². The third-order valence-corrected chi connectivity index (χ3v) is 4.12. The first kappa shape index (κ1) is 15.9. The minimum Gasteiger partial charge on any atom is -0.508 e. The van der Waals surface area contributed by atoms with Crippen LogP contribution in [0.1, 0.15) is 0 Å². The molecule has 2 N–H and O–H groups in total. The molecule has 4 nitrogen and oxygen atoms in total. The van der Waals surface area contributed by atoms with Crippen LogP contribution in [0.5, 0.6) is 11.5 Å². The van der Waals surface area contributed by atoms with Crippen LogP contribution in [0.3, 0.4) is 0 Å². The predicted molar refractivity (Wildman–Crippen MR) is 96.6 cm³/mol. The molecule has 0 aliphatic heterocycles. The zero-order chi connectivity index (χ0) is 18.3. The van der Waals surface area contributed by atoms with Gasteiger partial charge in [0.25, 0.3) is 0 Å².